The molecule has 0 aromatic heterocycles. The van der Waals surface area contributed by atoms with E-state index in [9.17, 15) is 4.79 Å². The van der Waals surface area contributed by atoms with Gasteiger partial charge in [-0.25, -0.2) is 0 Å². The summed E-state index contributed by atoms with van der Waals surface area (Å²) in [7, 11) is 1.65. The zero-order valence-corrected chi connectivity index (χ0v) is 9.03. The van der Waals surface area contributed by atoms with Crippen LogP contribution in [-0.4, -0.2) is 13.4 Å². The summed E-state index contributed by atoms with van der Waals surface area (Å²) in [4.78, 5) is 11.3. The first-order valence-electron chi connectivity index (χ1n) is 5.42. The Balaban J connectivity index is 2.37. The van der Waals surface area contributed by atoms with Gasteiger partial charge in [-0.05, 0) is 30.5 Å². The van der Waals surface area contributed by atoms with Crippen molar-refractivity contribution >= 4 is 6.29 Å². The molecule has 0 atom stereocenters. The summed E-state index contributed by atoms with van der Waals surface area (Å²) >= 11 is 0. The second kappa shape index (κ2) is 4.05. The first kappa shape index (κ1) is 10.2. The molecule has 0 N–H and O–H groups in total. The van der Waals surface area contributed by atoms with E-state index in [2.05, 4.69) is 0 Å². The van der Waals surface area contributed by atoms with Gasteiger partial charge >= 0.3 is 0 Å². The molecule has 1 aliphatic carbocycles. The molecule has 0 radical (unpaired) electrons. The molecule has 1 aromatic carbocycles. The lowest BCUT2D eigenvalue weighted by atomic mass is 9.80. The molecule has 0 amide bonds. The third kappa shape index (κ3) is 1.76. The van der Waals surface area contributed by atoms with E-state index < -0.39 is 0 Å². The van der Waals surface area contributed by atoms with E-state index in [1.807, 2.05) is 24.3 Å². The van der Waals surface area contributed by atoms with Crippen molar-refractivity contribution in [2.45, 2.75) is 31.1 Å². The summed E-state index contributed by atoms with van der Waals surface area (Å²) in [6, 6.07) is 7.89. The van der Waals surface area contributed by atoms with Crippen LogP contribution in [0.25, 0.3) is 0 Å². The summed E-state index contributed by atoms with van der Waals surface area (Å²) in [5, 5.41) is 0. The van der Waals surface area contributed by atoms with Gasteiger partial charge in [-0.15, -0.1) is 0 Å². The van der Waals surface area contributed by atoms with Crippen LogP contribution in [0.3, 0.4) is 0 Å². The van der Waals surface area contributed by atoms with E-state index in [0.717, 1.165) is 43.3 Å². The largest absolute Gasteiger partial charge is 0.497 e. The number of hydrogen-bond acceptors (Lipinski definition) is 2. The monoisotopic (exact) mass is 204 g/mol. The van der Waals surface area contributed by atoms with Crippen molar-refractivity contribution < 1.29 is 9.53 Å². The van der Waals surface area contributed by atoms with Crippen LogP contribution in [0.5, 0.6) is 5.75 Å². The maximum atomic E-state index is 11.3. The molecule has 1 saturated carbocycles. The van der Waals surface area contributed by atoms with Gasteiger partial charge in [-0.1, -0.05) is 25.0 Å². The van der Waals surface area contributed by atoms with Crippen LogP contribution < -0.4 is 4.74 Å². The Labute approximate surface area is 90.3 Å². The minimum absolute atomic E-state index is 0.242. The van der Waals surface area contributed by atoms with Crippen molar-refractivity contribution in [3.63, 3.8) is 0 Å². The van der Waals surface area contributed by atoms with E-state index in [0.29, 0.717) is 0 Å². The van der Waals surface area contributed by atoms with Crippen LogP contribution in [0.15, 0.2) is 24.3 Å². The molecule has 0 saturated heterocycles. The summed E-state index contributed by atoms with van der Waals surface area (Å²) in [6.07, 6.45) is 5.37. The molecule has 1 fully saturated rings. The standard InChI is InChI=1S/C13H16O2/c1-15-12-6-4-5-11(9-12)13(10-14)7-2-3-8-13/h4-6,9-10H,2-3,7-8H2,1H3. The Morgan fingerprint density at radius 1 is 1.33 bits per heavy atom. The average molecular weight is 204 g/mol. The fourth-order valence-electron chi connectivity index (χ4n) is 2.41. The molecule has 0 unspecified atom stereocenters. The van der Waals surface area contributed by atoms with Crippen LogP contribution in [0.4, 0.5) is 0 Å². The zero-order chi connectivity index (χ0) is 10.7. The van der Waals surface area contributed by atoms with Crippen molar-refractivity contribution in [2.24, 2.45) is 0 Å². The Bertz CT molecular complexity index is 351. The smallest absolute Gasteiger partial charge is 0.130 e. The maximum absolute atomic E-state index is 11.3. The predicted octanol–water partition coefficient (Wildman–Crippen LogP) is 2.71. The van der Waals surface area contributed by atoms with Gasteiger partial charge in [0.25, 0.3) is 0 Å². The molecule has 2 nitrogen and oxygen atoms in total. The number of methoxy groups -OCH3 is 1. The molecule has 0 heterocycles. The van der Waals surface area contributed by atoms with Gasteiger partial charge in [0.2, 0.25) is 0 Å². The first-order chi connectivity index (χ1) is 7.30. The molecule has 1 aliphatic rings. The third-order valence-electron chi connectivity index (χ3n) is 3.37. The van der Waals surface area contributed by atoms with Gasteiger partial charge in [-0.2, -0.15) is 0 Å². The van der Waals surface area contributed by atoms with Crippen LogP contribution in [0.2, 0.25) is 0 Å². The highest BCUT2D eigenvalue weighted by atomic mass is 16.5. The molecule has 0 spiro atoms. The molecule has 2 heteroatoms. The van der Waals surface area contributed by atoms with Crippen molar-refractivity contribution in [3.8, 4) is 5.75 Å². The van der Waals surface area contributed by atoms with Crippen molar-refractivity contribution in [1.29, 1.82) is 0 Å². The van der Waals surface area contributed by atoms with Gasteiger partial charge in [0.1, 0.15) is 12.0 Å². The molecule has 80 valence electrons. The van der Waals surface area contributed by atoms with E-state index in [1.165, 1.54) is 0 Å². The molecule has 2 rings (SSSR count). The van der Waals surface area contributed by atoms with E-state index in [-0.39, 0.29) is 5.41 Å². The Hall–Kier alpha value is -1.31. The summed E-state index contributed by atoms with van der Waals surface area (Å²) in [5.41, 5.74) is 0.864. The van der Waals surface area contributed by atoms with Gasteiger partial charge in [-0.3, -0.25) is 0 Å². The Kier molecular flexibility index (Phi) is 2.76. The number of rotatable bonds is 3. The van der Waals surface area contributed by atoms with Crippen molar-refractivity contribution in [3.05, 3.63) is 29.8 Å². The predicted molar refractivity (Wildman–Crippen MR) is 59.2 cm³/mol. The fraction of sp³-hybridized carbons (Fsp3) is 0.462. The van der Waals surface area contributed by atoms with E-state index in [1.54, 1.807) is 7.11 Å². The number of hydrogen-bond donors (Lipinski definition) is 0. The number of carbonyl (C=O) groups excluding carboxylic acids is 1. The van der Waals surface area contributed by atoms with E-state index in [4.69, 9.17) is 4.74 Å². The second-order valence-electron chi connectivity index (χ2n) is 4.21. The lowest BCUT2D eigenvalue weighted by molar-refractivity contribution is -0.112. The van der Waals surface area contributed by atoms with Gasteiger partial charge in [0, 0.05) is 0 Å². The van der Waals surface area contributed by atoms with Crippen LogP contribution in [-0.2, 0) is 10.2 Å². The summed E-state index contributed by atoms with van der Waals surface area (Å²) < 4.78 is 5.19. The quantitative estimate of drug-likeness (QED) is 0.707. The second-order valence-corrected chi connectivity index (χ2v) is 4.21. The molecular weight excluding hydrogens is 188 g/mol. The van der Waals surface area contributed by atoms with Crippen LogP contribution >= 0.6 is 0 Å². The normalized spacial score (nSPS) is 18.7. The van der Waals surface area contributed by atoms with Crippen molar-refractivity contribution in [2.75, 3.05) is 7.11 Å². The molecule has 1 aromatic rings. The minimum Gasteiger partial charge on any atom is -0.497 e. The lowest BCUT2D eigenvalue weighted by Crippen LogP contribution is -2.23. The number of benzene rings is 1. The Morgan fingerprint density at radius 2 is 2.07 bits per heavy atom. The average Bonchev–Trinajstić information content (AvgIpc) is 2.79. The molecule has 0 bridgehead atoms. The van der Waals surface area contributed by atoms with E-state index >= 15 is 0 Å². The number of carbonyl (C=O) groups is 1. The number of aldehydes is 1. The summed E-state index contributed by atoms with van der Waals surface area (Å²) in [6.45, 7) is 0. The molecule has 15 heavy (non-hydrogen) atoms. The fourth-order valence-corrected chi connectivity index (χ4v) is 2.41. The highest BCUT2D eigenvalue weighted by Gasteiger charge is 2.35. The first-order valence-corrected chi connectivity index (χ1v) is 5.42. The lowest BCUT2D eigenvalue weighted by Gasteiger charge is -2.22. The van der Waals surface area contributed by atoms with Gasteiger partial charge in [0.15, 0.2) is 0 Å². The zero-order valence-electron chi connectivity index (χ0n) is 9.03. The third-order valence-corrected chi connectivity index (χ3v) is 3.37. The topological polar surface area (TPSA) is 26.3 Å². The molecular formula is C13H16O2. The molecule has 0 aliphatic heterocycles. The minimum atomic E-state index is -0.242. The SMILES string of the molecule is COc1cccc(C2(C=O)CCCC2)c1. The van der Waals surface area contributed by atoms with Crippen LogP contribution in [0, 0.1) is 0 Å². The summed E-state index contributed by atoms with van der Waals surface area (Å²) in [5.74, 6) is 0.834. The Morgan fingerprint density at radius 3 is 2.67 bits per heavy atom. The maximum Gasteiger partial charge on any atom is 0.130 e. The van der Waals surface area contributed by atoms with Gasteiger partial charge < -0.3 is 9.53 Å². The van der Waals surface area contributed by atoms with Crippen LogP contribution in [0.1, 0.15) is 31.2 Å². The highest BCUT2D eigenvalue weighted by Crippen LogP contribution is 2.40. The highest BCUT2D eigenvalue weighted by molar-refractivity contribution is 5.69. The van der Waals surface area contributed by atoms with Gasteiger partial charge in [0.05, 0.1) is 12.5 Å². The van der Waals surface area contributed by atoms with Crippen molar-refractivity contribution in [1.82, 2.24) is 0 Å². The number of ether oxygens (including phenoxy) is 1.